The molecule has 126 valence electrons. The van der Waals surface area contributed by atoms with Crippen molar-refractivity contribution in [2.24, 2.45) is 5.92 Å². The normalized spacial score (nSPS) is 17.0. The Morgan fingerprint density at radius 3 is 2.87 bits per heavy atom. The zero-order chi connectivity index (χ0) is 16.7. The topological polar surface area (TPSA) is 55.8 Å². The number of likely N-dealkylation sites (N-methyl/N-ethyl adjacent to an activating group) is 1. The third-order valence-electron chi connectivity index (χ3n) is 4.21. The molecule has 5 nitrogen and oxygen atoms in total. The van der Waals surface area contributed by atoms with E-state index >= 15 is 0 Å². The Hall–Kier alpha value is -2.04. The fraction of sp³-hybridized carbons (Fsp3) is 0.556. The van der Waals surface area contributed by atoms with E-state index in [2.05, 4.69) is 6.92 Å². The van der Waals surface area contributed by atoms with Crippen LogP contribution in [0.5, 0.6) is 5.75 Å². The lowest BCUT2D eigenvalue weighted by molar-refractivity contribution is -0.141. The number of carbonyl (C=O) groups is 2. The molecule has 0 aromatic heterocycles. The van der Waals surface area contributed by atoms with Crippen LogP contribution in [0.15, 0.2) is 24.3 Å². The van der Waals surface area contributed by atoms with E-state index < -0.39 is 0 Å². The van der Waals surface area contributed by atoms with E-state index in [0.29, 0.717) is 32.6 Å². The van der Waals surface area contributed by atoms with Gasteiger partial charge in [0.2, 0.25) is 5.91 Å². The van der Waals surface area contributed by atoms with Crippen molar-refractivity contribution >= 4 is 11.9 Å². The SMILES string of the molecule is CCc1ccccc1OCCN(C)C(=O)CCC1CCOC1=O. The number of cyclic esters (lactones) is 1. The van der Waals surface area contributed by atoms with E-state index in [-0.39, 0.29) is 17.8 Å². The zero-order valence-electron chi connectivity index (χ0n) is 13.9. The zero-order valence-corrected chi connectivity index (χ0v) is 13.9. The molecular weight excluding hydrogens is 294 g/mol. The molecule has 5 heteroatoms. The molecule has 2 rings (SSSR count). The molecule has 1 fully saturated rings. The molecule has 23 heavy (non-hydrogen) atoms. The number of hydrogen-bond acceptors (Lipinski definition) is 4. The van der Waals surface area contributed by atoms with Crippen LogP contribution in [-0.4, -0.2) is 43.6 Å². The maximum Gasteiger partial charge on any atom is 0.309 e. The maximum absolute atomic E-state index is 12.1. The quantitative estimate of drug-likeness (QED) is 0.691. The molecule has 1 aromatic carbocycles. The Bertz CT molecular complexity index is 544. The number of para-hydroxylation sites is 1. The number of ether oxygens (including phenoxy) is 2. The molecule has 1 heterocycles. The first-order valence-corrected chi connectivity index (χ1v) is 8.23. The Morgan fingerprint density at radius 2 is 2.17 bits per heavy atom. The number of aryl methyl sites for hydroxylation is 1. The van der Waals surface area contributed by atoms with Crippen LogP contribution in [0.25, 0.3) is 0 Å². The fourth-order valence-corrected chi connectivity index (χ4v) is 2.64. The largest absolute Gasteiger partial charge is 0.491 e. The molecule has 0 saturated carbocycles. The summed E-state index contributed by atoms with van der Waals surface area (Å²) in [5.41, 5.74) is 1.17. The molecule has 1 aliphatic heterocycles. The van der Waals surface area contributed by atoms with Gasteiger partial charge in [-0.15, -0.1) is 0 Å². The molecule has 0 spiro atoms. The van der Waals surface area contributed by atoms with Crippen LogP contribution in [-0.2, 0) is 20.7 Å². The summed E-state index contributed by atoms with van der Waals surface area (Å²) in [6, 6.07) is 7.94. The molecule has 0 bridgehead atoms. The van der Waals surface area contributed by atoms with Crippen molar-refractivity contribution in [2.45, 2.75) is 32.6 Å². The van der Waals surface area contributed by atoms with Gasteiger partial charge in [0.1, 0.15) is 12.4 Å². The first kappa shape index (κ1) is 17.3. The van der Waals surface area contributed by atoms with Crippen molar-refractivity contribution in [1.82, 2.24) is 4.90 Å². The Kier molecular flexibility index (Phi) is 6.44. The van der Waals surface area contributed by atoms with Gasteiger partial charge in [0.15, 0.2) is 0 Å². The van der Waals surface area contributed by atoms with E-state index in [1.807, 2.05) is 24.3 Å². The van der Waals surface area contributed by atoms with Crippen molar-refractivity contribution in [3.63, 3.8) is 0 Å². The number of carbonyl (C=O) groups excluding carboxylic acids is 2. The Balaban J connectivity index is 1.70. The second kappa shape index (κ2) is 8.56. The van der Waals surface area contributed by atoms with Crippen molar-refractivity contribution in [3.8, 4) is 5.75 Å². The van der Waals surface area contributed by atoms with Crippen molar-refractivity contribution in [1.29, 1.82) is 0 Å². The summed E-state index contributed by atoms with van der Waals surface area (Å²) in [5.74, 6) is 0.640. The van der Waals surface area contributed by atoms with E-state index in [0.717, 1.165) is 18.6 Å². The number of nitrogens with zero attached hydrogens (tertiary/aromatic N) is 1. The van der Waals surface area contributed by atoms with Crippen molar-refractivity contribution in [3.05, 3.63) is 29.8 Å². The highest BCUT2D eigenvalue weighted by atomic mass is 16.5. The van der Waals surface area contributed by atoms with E-state index in [9.17, 15) is 9.59 Å². The van der Waals surface area contributed by atoms with E-state index in [4.69, 9.17) is 9.47 Å². The van der Waals surface area contributed by atoms with Crippen LogP contribution in [0.3, 0.4) is 0 Å². The molecule has 1 aliphatic rings. The molecule has 1 unspecified atom stereocenters. The van der Waals surface area contributed by atoms with Gasteiger partial charge in [0, 0.05) is 13.5 Å². The van der Waals surface area contributed by atoms with E-state index in [1.165, 1.54) is 5.56 Å². The Labute approximate surface area is 137 Å². The van der Waals surface area contributed by atoms with Gasteiger partial charge in [0.05, 0.1) is 19.1 Å². The molecule has 1 atom stereocenters. The van der Waals surface area contributed by atoms with Gasteiger partial charge >= 0.3 is 5.97 Å². The molecular formula is C18H25NO4. The van der Waals surface area contributed by atoms with Gasteiger partial charge in [-0.2, -0.15) is 0 Å². The summed E-state index contributed by atoms with van der Waals surface area (Å²) >= 11 is 0. The molecule has 0 radical (unpaired) electrons. The van der Waals surface area contributed by atoms with E-state index in [1.54, 1.807) is 11.9 Å². The maximum atomic E-state index is 12.1. The fourth-order valence-electron chi connectivity index (χ4n) is 2.64. The smallest absolute Gasteiger partial charge is 0.309 e. The van der Waals surface area contributed by atoms with Crippen LogP contribution in [0.2, 0.25) is 0 Å². The van der Waals surface area contributed by atoms with Crippen LogP contribution in [0.1, 0.15) is 31.7 Å². The van der Waals surface area contributed by atoms with Gasteiger partial charge in [-0.05, 0) is 30.9 Å². The first-order valence-electron chi connectivity index (χ1n) is 8.23. The van der Waals surface area contributed by atoms with Gasteiger partial charge in [0.25, 0.3) is 0 Å². The van der Waals surface area contributed by atoms with Gasteiger partial charge in [-0.1, -0.05) is 25.1 Å². The number of hydrogen-bond donors (Lipinski definition) is 0. The third-order valence-corrected chi connectivity index (χ3v) is 4.21. The number of esters is 1. The van der Waals surface area contributed by atoms with Crippen molar-refractivity contribution < 1.29 is 19.1 Å². The number of benzene rings is 1. The molecule has 1 aromatic rings. The summed E-state index contributed by atoms with van der Waals surface area (Å²) in [7, 11) is 1.77. The number of amides is 1. The predicted molar refractivity (Wildman–Crippen MR) is 87.3 cm³/mol. The molecule has 1 saturated heterocycles. The highest BCUT2D eigenvalue weighted by Crippen LogP contribution is 2.20. The summed E-state index contributed by atoms with van der Waals surface area (Å²) in [6.45, 7) is 3.57. The molecule has 0 N–H and O–H groups in total. The third kappa shape index (κ3) is 4.98. The number of rotatable bonds is 8. The minimum Gasteiger partial charge on any atom is -0.491 e. The lowest BCUT2D eigenvalue weighted by Gasteiger charge is -2.18. The standard InChI is InChI=1S/C18H25NO4/c1-3-14-6-4-5-7-16(14)22-13-11-19(2)17(20)9-8-15-10-12-23-18(15)21/h4-7,15H,3,8-13H2,1-2H3. The monoisotopic (exact) mass is 319 g/mol. The predicted octanol–water partition coefficient (Wildman–Crippen LogP) is 2.43. The van der Waals surface area contributed by atoms with Crippen LogP contribution in [0, 0.1) is 5.92 Å². The highest BCUT2D eigenvalue weighted by molar-refractivity contribution is 5.78. The van der Waals surface area contributed by atoms with Crippen LogP contribution >= 0.6 is 0 Å². The highest BCUT2D eigenvalue weighted by Gasteiger charge is 2.27. The van der Waals surface area contributed by atoms with Crippen LogP contribution < -0.4 is 4.74 Å². The second-order valence-corrected chi connectivity index (χ2v) is 5.82. The molecule has 0 aliphatic carbocycles. The minimum atomic E-state index is -0.167. The average molecular weight is 319 g/mol. The lowest BCUT2D eigenvalue weighted by Crippen LogP contribution is -2.31. The summed E-state index contributed by atoms with van der Waals surface area (Å²) in [4.78, 5) is 25.1. The minimum absolute atomic E-state index is 0.0390. The van der Waals surface area contributed by atoms with Crippen molar-refractivity contribution in [2.75, 3.05) is 26.8 Å². The van der Waals surface area contributed by atoms with Gasteiger partial charge < -0.3 is 14.4 Å². The summed E-state index contributed by atoms with van der Waals surface area (Å²) in [6.07, 6.45) is 2.60. The van der Waals surface area contributed by atoms with Crippen LogP contribution in [0.4, 0.5) is 0 Å². The lowest BCUT2D eigenvalue weighted by atomic mass is 10.0. The first-order chi connectivity index (χ1) is 11.1. The molecule has 1 amide bonds. The summed E-state index contributed by atoms with van der Waals surface area (Å²) in [5, 5.41) is 0. The second-order valence-electron chi connectivity index (χ2n) is 5.82. The van der Waals surface area contributed by atoms with Gasteiger partial charge in [-0.3, -0.25) is 9.59 Å². The van der Waals surface area contributed by atoms with Gasteiger partial charge in [-0.25, -0.2) is 0 Å². The Morgan fingerprint density at radius 1 is 1.39 bits per heavy atom. The average Bonchev–Trinajstić information content (AvgIpc) is 2.98. The summed E-state index contributed by atoms with van der Waals surface area (Å²) < 4.78 is 10.7.